The van der Waals surface area contributed by atoms with E-state index in [4.69, 9.17) is 9.79 Å². The molecule has 0 fully saturated rings. The summed E-state index contributed by atoms with van der Waals surface area (Å²) >= 11 is 0. The maximum Gasteiger partial charge on any atom is 0.471 e. The second kappa shape index (κ2) is 3.63. The summed E-state index contributed by atoms with van der Waals surface area (Å²) in [5, 5.41) is 2.35. The highest BCUT2D eigenvalue weighted by atomic mass is 31.2. The average Bonchev–Trinajstić information content (AvgIpc) is 1.63. The molecule has 0 heterocycles. The van der Waals surface area contributed by atoms with Crippen LogP contribution in [0, 0.1) is 0 Å². The molecule has 5 nitrogen and oxygen atoms in total. The highest BCUT2D eigenvalue weighted by Crippen LogP contribution is 2.34. The van der Waals surface area contributed by atoms with Crippen LogP contribution in [0.15, 0.2) is 12.8 Å². The van der Waals surface area contributed by atoms with Crippen molar-refractivity contribution in [2.45, 2.75) is 0 Å². The minimum absolute atomic E-state index is 0.228. The Morgan fingerprint density at radius 2 is 2.33 bits per heavy atom. The van der Waals surface area contributed by atoms with Crippen molar-refractivity contribution in [1.29, 1.82) is 0 Å². The lowest BCUT2D eigenvalue weighted by molar-refractivity contribution is 0.191. The molecular formula is C3H8NO4P. The molecule has 0 aliphatic carbocycles. The Morgan fingerprint density at radius 1 is 1.78 bits per heavy atom. The molecule has 0 atom stereocenters. The van der Waals surface area contributed by atoms with Crippen molar-refractivity contribution in [3.8, 4) is 0 Å². The molecule has 0 radical (unpaired) electrons. The van der Waals surface area contributed by atoms with E-state index in [1.807, 2.05) is 0 Å². The molecular weight excluding hydrogens is 145 g/mol. The SMILES string of the molecule is C=CNCOP(=O)(O)O. The van der Waals surface area contributed by atoms with Gasteiger partial charge in [-0.25, -0.2) is 4.57 Å². The molecule has 0 unspecified atom stereocenters. The van der Waals surface area contributed by atoms with Crippen LogP contribution in [0.1, 0.15) is 0 Å². The van der Waals surface area contributed by atoms with Gasteiger partial charge in [-0.15, -0.1) is 0 Å². The van der Waals surface area contributed by atoms with Crippen LogP contribution in [0.5, 0.6) is 0 Å². The standard InChI is InChI=1S/C3H8NO4P/c1-2-4-3-8-9(5,6)7/h2,4H,1,3H2,(H2,5,6,7). The largest absolute Gasteiger partial charge is 0.471 e. The first-order chi connectivity index (χ1) is 4.06. The van der Waals surface area contributed by atoms with E-state index in [2.05, 4.69) is 16.4 Å². The van der Waals surface area contributed by atoms with E-state index in [-0.39, 0.29) is 6.73 Å². The third-order valence-corrected chi connectivity index (χ3v) is 0.926. The van der Waals surface area contributed by atoms with E-state index >= 15 is 0 Å². The van der Waals surface area contributed by atoms with Crippen LogP contribution in [0.2, 0.25) is 0 Å². The van der Waals surface area contributed by atoms with Crippen LogP contribution in [0.3, 0.4) is 0 Å². The molecule has 0 aromatic rings. The molecule has 0 rings (SSSR count). The topological polar surface area (TPSA) is 78.8 Å². The summed E-state index contributed by atoms with van der Waals surface area (Å²) < 4.78 is 13.9. The van der Waals surface area contributed by atoms with Crippen LogP contribution in [-0.2, 0) is 9.09 Å². The Morgan fingerprint density at radius 3 is 2.67 bits per heavy atom. The zero-order chi connectivity index (χ0) is 7.33. The maximum atomic E-state index is 9.90. The lowest BCUT2D eigenvalue weighted by Crippen LogP contribution is -2.08. The van der Waals surface area contributed by atoms with Gasteiger partial charge in [-0.05, 0) is 6.20 Å². The number of phosphoric ester groups is 1. The fraction of sp³-hybridized carbons (Fsp3) is 0.333. The summed E-state index contributed by atoms with van der Waals surface area (Å²) in [5.74, 6) is 0. The molecule has 0 aromatic carbocycles. The Kier molecular flexibility index (Phi) is 3.49. The van der Waals surface area contributed by atoms with Crippen molar-refractivity contribution < 1.29 is 18.9 Å². The van der Waals surface area contributed by atoms with Gasteiger partial charge < -0.3 is 15.1 Å². The van der Waals surface area contributed by atoms with Crippen molar-refractivity contribution in [3.63, 3.8) is 0 Å². The van der Waals surface area contributed by atoms with Gasteiger partial charge in [-0.3, -0.25) is 4.52 Å². The van der Waals surface area contributed by atoms with Crippen molar-refractivity contribution >= 4 is 7.82 Å². The van der Waals surface area contributed by atoms with Gasteiger partial charge in [0, 0.05) is 0 Å². The van der Waals surface area contributed by atoms with Crippen molar-refractivity contribution in [2.24, 2.45) is 0 Å². The van der Waals surface area contributed by atoms with Gasteiger partial charge in [-0.1, -0.05) is 6.58 Å². The molecule has 6 heteroatoms. The van der Waals surface area contributed by atoms with Crippen molar-refractivity contribution in [2.75, 3.05) is 6.73 Å². The number of phosphoric acid groups is 1. The van der Waals surface area contributed by atoms with Gasteiger partial charge in [0.1, 0.15) is 6.73 Å². The highest BCUT2D eigenvalue weighted by Gasteiger charge is 2.11. The molecule has 0 aromatic heterocycles. The number of hydrogen-bond donors (Lipinski definition) is 3. The molecule has 0 bridgehead atoms. The van der Waals surface area contributed by atoms with Crippen LogP contribution in [-0.4, -0.2) is 16.5 Å². The molecule has 0 saturated carbocycles. The summed E-state index contributed by atoms with van der Waals surface area (Å²) in [4.78, 5) is 16.1. The lowest BCUT2D eigenvalue weighted by atomic mass is 11.0. The summed E-state index contributed by atoms with van der Waals surface area (Å²) in [6.45, 7) is 3.01. The predicted octanol–water partition coefficient (Wildman–Crippen LogP) is -0.214. The fourth-order valence-corrected chi connectivity index (χ4v) is 0.423. The Balaban J connectivity index is 3.28. The van der Waals surface area contributed by atoms with Crippen LogP contribution in [0.25, 0.3) is 0 Å². The Hall–Kier alpha value is -0.350. The van der Waals surface area contributed by atoms with Gasteiger partial charge in [0.05, 0.1) is 0 Å². The maximum absolute atomic E-state index is 9.90. The molecule has 54 valence electrons. The molecule has 0 saturated heterocycles. The summed E-state index contributed by atoms with van der Waals surface area (Å²) in [6.07, 6.45) is 1.27. The fourth-order valence-electron chi connectivity index (χ4n) is 0.180. The second-order valence-corrected chi connectivity index (χ2v) is 2.41. The smallest absolute Gasteiger partial charge is 0.369 e. The van der Waals surface area contributed by atoms with Gasteiger partial charge in [0.15, 0.2) is 0 Å². The Bertz CT molecular complexity index is 130. The van der Waals surface area contributed by atoms with Gasteiger partial charge in [0.2, 0.25) is 0 Å². The summed E-state index contributed by atoms with van der Waals surface area (Å²) in [7, 11) is -4.31. The van der Waals surface area contributed by atoms with Crippen LogP contribution < -0.4 is 5.32 Å². The van der Waals surface area contributed by atoms with Crippen LogP contribution >= 0.6 is 7.82 Å². The molecule has 0 aliphatic rings. The normalized spacial score (nSPS) is 10.9. The van der Waals surface area contributed by atoms with E-state index in [0.29, 0.717) is 0 Å². The lowest BCUT2D eigenvalue weighted by Gasteiger charge is -2.02. The number of nitrogens with one attached hydrogen (secondary N) is 1. The van der Waals surface area contributed by atoms with E-state index in [0.717, 1.165) is 0 Å². The third-order valence-electron chi connectivity index (χ3n) is 0.460. The summed E-state index contributed by atoms with van der Waals surface area (Å²) in [6, 6.07) is 0. The molecule has 9 heavy (non-hydrogen) atoms. The molecule has 0 spiro atoms. The summed E-state index contributed by atoms with van der Waals surface area (Å²) in [5.41, 5.74) is 0. The monoisotopic (exact) mass is 153 g/mol. The minimum Gasteiger partial charge on any atom is -0.369 e. The van der Waals surface area contributed by atoms with E-state index in [1.54, 1.807) is 0 Å². The zero-order valence-corrected chi connectivity index (χ0v) is 5.54. The molecule has 3 N–H and O–H groups in total. The quantitative estimate of drug-likeness (QED) is 0.296. The van der Waals surface area contributed by atoms with Crippen molar-refractivity contribution in [1.82, 2.24) is 5.32 Å². The average molecular weight is 153 g/mol. The van der Waals surface area contributed by atoms with E-state index in [9.17, 15) is 4.57 Å². The second-order valence-electron chi connectivity index (χ2n) is 1.17. The first-order valence-electron chi connectivity index (χ1n) is 2.10. The zero-order valence-electron chi connectivity index (χ0n) is 4.65. The Labute approximate surface area is 52.6 Å². The molecule has 0 aliphatic heterocycles. The minimum atomic E-state index is -4.31. The molecule has 0 amide bonds. The number of rotatable bonds is 4. The van der Waals surface area contributed by atoms with Crippen LogP contribution in [0.4, 0.5) is 0 Å². The van der Waals surface area contributed by atoms with Gasteiger partial charge in [-0.2, -0.15) is 0 Å². The van der Waals surface area contributed by atoms with Gasteiger partial charge in [0.25, 0.3) is 0 Å². The van der Waals surface area contributed by atoms with Crippen molar-refractivity contribution in [3.05, 3.63) is 12.8 Å². The first kappa shape index (κ1) is 8.65. The highest BCUT2D eigenvalue weighted by molar-refractivity contribution is 7.46. The van der Waals surface area contributed by atoms with Gasteiger partial charge >= 0.3 is 7.82 Å². The van der Waals surface area contributed by atoms with E-state index in [1.165, 1.54) is 6.20 Å². The first-order valence-corrected chi connectivity index (χ1v) is 3.63. The number of hydrogen-bond acceptors (Lipinski definition) is 3. The predicted molar refractivity (Wildman–Crippen MR) is 31.3 cm³/mol. The van der Waals surface area contributed by atoms with E-state index < -0.39 is 7.82 Å². The third kappa shape index (κ3) is 7.65.